The molecule has 0 saturated carbocycles. The first kappa shape index (κ1) is 10.5. The van der Waals surface area contributed by atoms with Crippen molar-refractivity contribution in [2.24, 2.45) is 0 Å². The minimum Gasteiger partial charge on any atom is -0.476 e. The molecule has 0 saturated heterocycles. The van der Waals surface area contributed by atoms with E-state index < -0.39 is 5.97 Å². The number of aromatic carboxylic acids is 1. The largest absolute Gasteiger partial charge is 0.476 e. The molecule has 2 heterocycles. The van der Waals surface area contributed by atoms with Crippen molar-refractivity contribution >= 4 is 11.5 Å². The van der Waals surface area contributed by atoms with Crippen LogP contribution in [0.3, 0.4) is 0 Å². The summed E-state index contributed by atoms with van der Waals surface area (Å²) in [6, 6.07) is 11.1. The molecule has 0 aliphatic carbocycles. The first-order chi connectivity index (χ1) is 8.77. The van der Waals surface area contributed by atoms with E-state index in [0.717, 1.165) is 5.56 Å². The van der Waals surface area contributed by atoms with Gasteiger partial charge in [0.25, 0.3) is 0 Å². The van der Waals surface area contributed by atoms with Gasteiger partial charge in [-0.3, -0.25) is 4.40 Å². The van der Waals surface area contributed by atoms with Crippen molar-refractivity contribution in [1.82, 2.24) is 14.4 Å². The number of aromatic nitrogens is 3. The summed E-state index contributed by atoms with van der Waals surface area (Å²) in [7, 11) is 0. The number of benzene rings is 1. The average molecular weight is 239 g/mol. The lowest BCUT2D eigenvalue weighted by Crippen LogP contribution is -1.97. The Morgan fingerprint density at radius 2 is 1.94 bits per heavy atom. The Kier molecular flexibility index (Phi) is 2.30. The van der Waals surface area contributed by atoms with Crippen LogP contribution in [0.1, 0.15) is 10.5 Å². The van der Waals surface area contributed by atoms with Crippen molar-refractivity contribution in [3.63, 3.8) is 0 Å². The summed E-state index contributed by atoms with van der Waals surface area (Å²) in [5, 5.41) is 9.15. The molecule has 88 valence electrons. The fourth-order valence-electron chi connectivity index (χ4n) is 1.89. The first-order valence-corrected chi connectivity index (χ1v) is 5.38. The molecule has 3 aromatic rings. The molecule has 0 fully saturated rings. The van der Waals surface area contributed by atoms with Gasteiger partial charge in [-0.25, -0.2) is 14.8 Å². The lowest BCUT2D eigenvalue weighted by atomic mass is 10.2. The molecule has 0 aliphatic rings. The highest BCUT2D eigenvalue weighted by Gasteiger charge is 2.17. The lowest BCUT2D eigenvalue weighted by Gasteiger charge is -1.99. The van der Waals surface area contributed by atoms with E-state index in [0.29, 0.717) is 11.3 Å². The van der Waals surface area contributed by atoms with Gasteiger partial charge in [0.15, 0.2) is 5.69 Å². The number of nitrogens with zero attached hydrogens (tertiary/aromatic N) is 3. The Bertz CT molecular complexity index is 719. The summed E-state index contributed by atoms with van der Waals surface area (Å²) in [5.41, 5.74) is 1.43. The number of hydrogen-bond donors (Lipinski definition) is 1. The zero-order chi connectivity index (χ0) is 12.5. The molecule has 1 N–H and O–H groups in total. The van der Waals surface area contributed by atoms with Crippen LogP contribution >= 0.6 is 0 Å². The maximum absolute atomic E-state index is 11.2. The van der Waals surface area contributed by atoms with Gasteiger partial charge < -0.3 is 5.11 Å². The van der Waals surface area contributed by atoms with Crippen LogP contribution in [0.15, 0.2) is 48.9 Å². The number of hydrogen-bond acceptors (Lipinski definition) is 3. The third-order valence-corrected chi connectivity index (χ3v) is 2.68. The van der Waals surface area contributed by atoms with Crippen LogP contribution in [0, 0.1) is 0 Å². The van der Waals surface area contributed by atoms with Gasteiger partial charge in [-0.1, -0.05) is 30.3 Å². The maximum atomic E-state index is 11.2. The van der Waals surface area contributed by atoms with Crippen LogP contribution in [-0.2, 0) is 0 Å². The van der Waals surface area contributed by atoms with E-state index in [-0.39, 0.29) is 5.69 Å². The second kappa shape index (κ2) is 3.96. The van der Waals surface area contributed by atoms with Gasteiger partial charge in [0.1, 0.15) is 12.2 Å². The molecule has 2 aromatic heterocycles. The predicted octanol–water partition coefficient (Wildman–Crippen LogP) is 2.09. The molecule has 0 aliphatic heterocycles. The van der Waals surface area contributed by atoms with Crippen LogP contribution in [0.25, 0.3) is 16.9 Å². The van der Waals surface area contributed by atoms with Crippen molar-refractivity contribution in [2.45, 2.75) is 0 Å². The molecule has 0 radical (unpaired) electrons. The molecule has 1 aromatic carbocycles. The number of rotatable bonds is 2. The Labute approximate surface area is 102 Å². The van der Waals surface area contributed by atoms with E-state index in [9.17, 15) is 4.79 Å². The fraction of sp³-hybridized carbons (Fsp3) is 0. The molecule has 18 heavy (non-hydrogen) atoms. The molecule has 5 heteroatoms. The maximum Gasteiger partial charge on any atom is 0.356 e. The standard InChI is InChI=1S/C13H9N3O2/c17-13(18)11-10-6-7-14-8-16(10)12(15-11)9-4-2-1-3-5-9/h1-8H,(H,17,18). The monoisotopic (exact) mass is 239 g/mol. The number of carboxylic acid groups (broad SMARTS) is 1. The third-order valence-electron chi connectivity index (χ3n) is 2.68. The van der Waals surface area contributed by atoms with Crippen molar-refractivity contribution in [3.8, 4) is 11.4 Å². The fourth-order valence-corrected chi connectivity index (χ4v) is 1.89. The second-order valence-electron chi connectivity index (χ2n) is 3.79. The van der Waals surface area contributed by atoms with E-state index in [4.69, 9.17) is 5.11 Å². The first-order valence-electron chi connectivity index (χ1n) is 5.38. The summed E-state index contributed by atoms with van der Waals surface area (Å²) in [6.07, 6.45) is 3.12. The van der Waals surface area contributed by atoms with Crippen LogP contribution in [0.5, 0.6) is 0 Å². The number of fused-ring (bicyclic) bond motifs is 1. The summed E-state index contributed by atoms with van der Waals surface area (Å²) >= 11 is 0. The number of carboxylic acids is 1. The number of carbonyl (C=O) groups is 1. The minimum absolute atomic E-state index is 0.0382. The van der Waals surface area contributed by atoms with Crippen molar-refractivity contribution in [2.75, 3.05) is 0 Å². The highest BCUT2D eigenvalue weighted by molar-refractivity contribution is 5.94. The van der Waals surface area contributed by atoms with E-state index in [1.807, 2.05) is 30.3 Å². The van der Waals surface area contributed by atoms with E-state index in [2.05, 4.69) is 9.97 Å². The molecule has 0 spiro atoms. The highest BCUT2D eigenvalue weighted by Crippen LogP contribution is 2.21. The van der Waals surface area contributed by atoms with Gasteiger partial charge in [0, 0.05) is 11.8 Å². The lowest BCUT2D eigenvalue weighted by molar-refractivity contribution is 0.0693. The smallest absolute Gasteiger partial charge is 0.356 e. The zero-order valence-corrected chi connectivity index (χ0v) is 9.32. The summed E-state index contributed by atoms with van der Waals surface area (Å²) in [5.74, 6) is -0.461. The van der Waals surface area contributed by atoms with E-state index >= 15 is 0 Å². The van der Waals surface area contributed by atoms with Gasteiger partial charge in [-0.15, -0.1) is 0 Å². The van der Waals surface area contributed by atoms with Crippen LogP contribution < -0.4 is 0 Å². The van der Waals surface area contributed by atoms with Crippen molar-refractivity contribution < 1.29 is 9.90 Å². The normalized spacial score (nSPS) is 10.7. The average Bonchev–Trinajstić information content (AvgIpc) is 2.79. The SMILES string of the molecule is O=C(O)c1nc(-c2ccccc2)n2cnccc12. The molecule has 3 rings (SSSR count). The third kappa shape index (κ3) is 1.53. The van der Waals surface area contributed by atoms with Gasteiger partial charge in [-0.2, -0.15) is 0 Å². The zero-order valence-electron chi connectivity index (χ0n) is 9.32. The topological polar surface area (TPSA) is 67.5 Å². The van der Waals surface area contributed by atoms with Crippen molar-refractivity contribution in [1.29, 1.82) is 0 Å². The Hall–Kier alpha value is -2.69. The summed E-state index contributed by atoms with van der Waals surface area (Å²) in [4.78, 5) is 19.3. The summed E-state index contributed by atoms with van der Waals surface area (Å²) in [6.45, 7) is 0. The van der Waals surface area contributed by atoms with E-state index in [1.54, 1.807) is 23.0 Å². The molecule has 0 amide bonds. The predicted molar refractivity (Wildman–Crippen MR) is 65.4 cm³/mol. The van der Waals surface area contributed by atoms with E-state index in [1.165, 1.54) is 0 Å². The van der Waals surface area contributed by atoms with Gasteiger partial charge in [0.2, 0.25) is 0 Å². The van der Waals surface area contributed by atoms with Crippen LogP contribution in [0.2, 0.25) is 0 Å². The molecule has 0 unspecified atom stereocenters. The Morgan fingerprint density at radius 1 is 1.17 bits per heavy atom. The minimum atomic E-state index is -1.04. The van der Waals surface area contributed by atoms with Crippen LogP contribution in [0.4, 0.5) is 0 Å². The number of imidazole rings is 1. The van der Waals surface area contributed by atoms with Gasteiger partial charge in [-0.05, 0) is 6.07 Å². The van der Waals surface area contributed by atoms with Gasteiger partial charge >= 0.3 is 5.97 Å². The molecule has 0 atom stereocenters. The Morgan fingerprint density at radius 3 is 2.67 bits per heavy atom. The molecular weight excluding hydrogens is 230 g/mol. The van der Waals surface area contributed by atoms with Crippen molar-refractivity contribution in [3.05, 3.63) is 54.6 Å². The quantitative estimate of drug-likeness (QED) is 0.743. The molecule has 5 nitrogen and oxygen atoms in total. The highest BCUT2D eigenvalue weighted by atomic mass is 16.4. The second-order valence-corrected chi connectivity index (χ2v) is 3.79. The van der Waals surface area contributed by atoms with Crippen LogP contribution in [-0.4, -0.2) is 25.4 Å². The molecular formula is C13H9N3O2. The molecule has 0 bridgehead atoms. The summed E-state index contributed by atoms with van der Waals surface area (Å²) < 4.78 is 1.68. The van der Waals surface area contributed by atoms with Gasteiger partial charge in [0.05, 0.1) is 5.52 Å². The Balaban J connectivity index is 2.34.